The van der Waals surface area contributed by atoms with Gasteiger partial charge in [-0.1, -0.05) is 0 Å². The van der Waals surface area contributed by atoms with E-state index in [1.807, 2.05) is 0 Å². The van der Waals surface area contributed by atoms with Gasteiger partial charge in [0.25, 0.3) is 0 Å². The van der Waals surface area contributed by atoms with E-state index in [0.717, 1.165) is 0 Å². The van der Waals surface area contributed by atoms with Gasteiger partial charge in [-0.05, 0) is 13.8 Å². The van der Waals surface area contributed by atoms with Crippen LogP contribution in [-0.4, -0.2) is 26.0 Å². The largest absolute Gasteiger partial charge is 0.504 e. The topological polar surface area (TPSA) is 80.9 Å². The molecule has 0 rings (SSSR count). The molecule has 4 nitrogen and oxygen atoms in total. The van der Waals surface area contributed by atoms with Crippen molar-refractivity contribution in [1.82, 2.24) is 0 Å². The van der Waals surface area contributed by atoms with Crippen LogP contribution in [0, 0.1) is 0 Å². The van der Waals surface area contributed by atoms with Crippen molar-refractivity contribution in [3.05, 3.63) is 11.7 Å². The number of rotatable bonds is 1. The number of hydrogen-bond donors (Lipinski definition) is 4. The molecule has 0 aromatic heterocycles. The Kier molecular flexibility index (Phi) is 1.93. The first-order valence-electron chi connectivity index (χ1n) is 2.39. The zero-order valence-electron chi connectivity index (χ0n) is 5.29. The van der Waals surface area contributed by atoms with Crippen molar-refractivity contribution >= 4 is 0 Å². The lowest BCUT2D eigenvalue weighted by Gasteiger charge is -2.14. The van der Waals surface area contributed by atoms with Crippen molar-refractivity contribution in [2.24, 2.45) is 0 Å². The fourth-order valence-corrected chi connectivity index (χ4v) is 0.274. The zero-order valence-corrected chi connectivity index (χ0v) is 5.29. The van der Waals surface area contributed by atoms with E-state index in [0.29, 0.717) is 0 Å². The lowest BCUT2D eigenvalue weighted by Crippen LogP contribution is -2.23. The summed E-state index contributed by atoms with van der Waals surface area (Å²) in [6.45, 7) is 2.46. The average Bonchev–Trinajstić information content (AvgIpc) is 1.62. The summed E-state index contributed by atoms with van der Waals surface area (Å²) in [6, 6.07) is 0. The maximum atomic E-state index is 8.83. The van der Waals surface area contributed by atoms with E-state index in [1.165, 1.54) is 13.8 Å². The second-order valence-corrected chi connectivity index (χ2v) is 2.23. The molecular weight excluding hydrogens is 124 g/mol. The minimum Gasteiger partial charge on any atom is -0.504 e. The fraction of sp³-hybridized carbons (Fsp3) is 0.600. The summed E-state index contributed by atoms with van der Waals surface area (Å²) in [6.07, 6.45) is 0. The molecule has 0 aliphatic carbocycles. The van der Waals surface area contributed by atoms with Gasteiger partial charge in [0.05, 0.1) is 0 Å². The molecule has 9 heavy (non-hydrogen) atoms. The van der Waals surface area contributed by atoms with Crippen LogP contribution in [0.3, 0.4) is 0 Å². The quantitative estimate of drug-likeness (QED) is 0.396. The van der Waals surface area contributed by atoms with Gasteiger partial charge in [-0.25, -0.2) is 0 Å². The lowest BCUT2D eigenvalue weighted by molar-refractivity contribution is 0.0409. The van der Waals surface area contributed by atoms with Crippen LogP contribution in [0.25, 0.3) is 0 Å². The maximum absolute atomic E-state index is 8.83. The Hall–Kier alpha value is -0.900. The van der Waals surface area contributed by atoms with Gasteiger partial charge in [-0.3, -0.25) is 0 Å². The molecule has 0 saturated carbocycles. The molecule has 54 valence electrons. The molecule has 4 heteroatoms. The average molecular weight is 134 g/mol. The Bertz CT molecular complexity index is 126. The van der Waals surface area contributed by atoms with Crippen LogP contribution in [0.2, 0.25) is 0 Å². The molecule has 0 fully saturated rings. The van der Waals surface area contributed by atoms with E-state index in [1.54, 1.807) is 0 Å². The third-order valence-corrected chi connectivity index (χ3v) is 0.791. The Morgan fingerprint density at radius 3 is 1.44 bits per heavy atom. The van der Waals surface area contributed by atoms with Gasteiger partial charge in [0.2, 0.25) is 5.76 Å². The van der Waals surface area contributed by atoms with Gasteiger partial charge >= 0.3 is 5.95 Å². The van der Waals surface area contributed by atoms with Crippen LogP contribution in [0.15, 0.2) is 11.7 Å². The Balaban J connectivity index is 4.40. The van der Waals surface area contributed by atoms with Crippen LogP contribution < -0.4 is 0 Å². The van der Waals surface area contributed by atoms with Gasteiger partial charge in [-0.15, -0.1) is 0 Å². The highest BCUT2D eigenvalue weighted by molar-refractivity contribution is 5.03. The highest BCUT2D eigenvalue weighted by Crippen LogP contribution is 2.13. The number of aliphatic hydroxyl groups is 4. The first-order valence-corrected chi connectivity index (χ1v) is 2.39. The predicted octanol–water partition coefficient (Wildman–Crippen LogP) is 0.600. The van der Waals surface area contributed by atoms with Crippen molar-refractivity contribution in [3.63, 3.8) is 0 Å². The van der Waals surface area contributed by atoms with Crippen molar-refractivity contribution in [1.29, 1.82) is 0 Å². The summed E-state index contributed by atoms with van der Waals surface area (Å²) in [5, 5.41) is 33.8. The molecule has 0 aliphatic heterocycles. The predicted molar refractivity (Wildman–Crippen MR) is 31.2 cm³/mol. The van der Waals surface area contributed by atoms with E-state index in [9.17, 15) is 0 Å². The van der Waals surface area contributed by atoms with Crippen molar-refractivity contribution < 1.29 is 20.4 Å². The molecule has 0 saturated heterocycles. The van der Waals surface area contributed by atoms with Crippen LogP contribution >= 0.6 is 0 Å². The van der Waals surface area contributed by atoms with Crippen LogP contribution in [0.4, 0.5) is 0 Å². The molecule has 0 heterocycles. The lowest BCUT2D eigenvalue weighted by atomic mass is 10.1. The SMILES string of the molecule is CC(C)(O)C(O)=C(O)O. The van der Waals surface area contributed by atoms with Crippen LogP contribution in [-0.2, 0) is 0 Å². The molecular formula is C5H10O4. The van der Waals surface area contributed by atoms with Gasteiger partial charge in [-0.2, -0.15) is 0 Å². The summed E-state index contributed by atoms with van der Waals surface area (Å²) in [5.41, 5.74) is -1.58. The van der Waals surface area contributed by atoms with E-state index in [4.69, 9.17) is 20.4 Å². The molecule has 0 radical (unpaired) electrons. The Morgan fingerprint density at radius 1 is 1.11 bits per heavy atom. The summed E-state index contributed by atoms with van der Waals surface area (Å²) in [7, 11) is 0. The van der Waals surface area contributed by atoms with Crippen molar-refractivity contribution in [2.45, 2.75) is 19.4 Å². The highest BCUT2D eigenvalue weighted by Gasteiger charge is 2.22. The Labute approximate surface area is 52.7 Å². The van der Waals surface area contributed by atoms with E-state index < -0.39 is 17.3 Å². The zero-order chi connectivity index (χ0) is 7.65. The molecule has 0 unspecified atom stereocenters. The normalized spacial score (nSPS) is 11.0. The van der Waals surface area contributed by atoms with E-state index in [2.05, 4.69) is 0 Å². The van der Waals surface area contributed by atoms with Crippen LogP contribution in [0.5, 0.6) is 0 Å². The summed E-state index contributed by atoms with van der Waals surface area (Å²) in [4.78, 5) is 0. The number of hydrogen-bond acceptors (Lipinski definition) is 4. The summed E-state index contributed by atoms with van der Waals surface area (Å²) < 4.78 is 0. The second-order valence-electron chi connectivity index (χ2n) is 2.23. The molecule has 0 bridgehead atoms. The van der Waals surface area contributed by atoms with E-state index in [-0.39, 0.29) is 0 Å². The monoisotopic (exact) mass is 134 g/mol. The van der Waals surface area contributed by atoms with Gasteiger partial charge in [0, 0.05) is 0 Å². The minimum absolute atomic E-state index is 0.831. The first kappa shape index (κ1) is 8.10. The first-order chi connectivity index (χ1) is 3.85. The van der Waals surface area contributed by atoms with Crippen LogP contribution in [0.1, 0.15) is 13.8 Å². The fourth-order valence-electron chi connectivity index (χ4n) is 0.274. The van der Waals surface area contributed by atoms with Crippen molar-refractivity contribution in [2.75, 3.05) is 0 Å². The molecule has 0 aromatic carbocycles. The standard InChI is InChI=1S/C5H10O4/c1-5(2,9)3(6)4(7)8/h6-9H,1-2H3. The summed E-state index contributed by atoms with van der Waals surface area (Å²) in [5.74, 6) is -2.08. The van der Waals surface area contributed by atoms with Crippen molar-refractivity contribution in [3.8, 4) is 0 Å². The molecule has 0 aliphatic rings. The third-order valence-electron chi connectivity index (χ3n) is 0.791. The highest BCUT2D eigenvalue weighted by atomic mass is 16.5. The molecule has 0 spiro atoms. The van der Waals surface area contributed by atoms with E-state index >= 15 is 0 Å². The molecule has 0 atom stereocenters. The molecule has 0 amide bonds. The maximum Gasteiger partial charge on any atom is 0.316 e. The third kappa shape index (κ3) is 2.23. The number of aliphatic hydroxyl groups excluding tert-OH is 2. The van der Waals surface area contributed by atoms with Gasteiger partial charge in [0.15, 0.2) is 0 Å². The smallest absolute Gasteiger partial charge is 0.316 e. The second kappa shape index (κ2) is 2.14. The Morgan fingerprint density at radius 2 is 1.44 bits per heavy atom. The molecule has 4 N–H and O–H groups in total. The van der Waals surface area contributed by atoms with Gasteiger partial charge < -0.3 is 20.4 Å². The summed E-state index contributed by atoms with van der Waals surface area (Å²) >= 11 is 0. The van der Waals surface area contributed by atoms with Gasteiger partial charge in [0.1, 0.15) is 5.60 Å². The minimum atomic E-state index is -1.58. The molecule has 0 aromatic rings.